The Balaban J connectivity index is 0.000000504. The molecule has 206 valence electrons. The molecule has 0 unspecified atom stereocenters. The van der Waals surface area contributed by atoms with E-state index >= 15 is 0 Å². The molecule has 2 aliphatic rings. The zero-order valence-corrected chi connectivity index (χ0v) is 25.6. The molecule has 2 saturated carbocycles. The van der Waals surface area contributed by atoms with Crippen LogP contribution in [0.5, 0.6) is 0 Å². The van der Waals surface area contributed by atoms with Gasteiger partial charge in [0.15, 0.2) is 0 Å². The van der Waals surface area contributed by atoms with E-state index in [0.29, 0.717) is 0 Å². The molecule has 0 radical (unpaired) electrons. The third-order valence-electron chi connectivity index (χ3n) is 7.07. The summed E-state index contributed by atoms with van der Waals surface area (Å²) >= 11 is 0. The van der Waals surface area contributed by atoms with E-state index in [2.05, 4.69) is 103 Å². The first-order chi connectivity index (χ1) is 18.2. The van der Waals surface area contributed by atoms with E-state index in [9.17, 15) is 0 Å². The van der Waals surface area contributed by atoms with Crippen molar-refractivity contribution in [1.29, 1.82) is 0 Å². The molecule has 0 heterocycles. The Kier molecular flexibility index (Phi) is 19.4. The highest BCUT2D eigenvalue weighted by Crippen LogP contribution is 2.34. The number of aryl methyl sites for hydroxylation is 2. The summed E-state index contributed by atoms with van der Waals surface area (Å²) in [7, 11) is 0. The summed E-state index contributed by atoms with van der Waals surface area (Å²) in [6.45, 7) is 18.8. The first-order valence-electron chi connectivity index (χ1n) is 14.5. The molecule has 4 rings (SSSR count). The van der Waals surface area contributed by atoms with Crippen LogP contribution in [-0.4, -0.2) is 0 Å². The summed E-state index contributed by atoms with van der Waals surface area (Å²) in [5.74, 6) is 4.49. The molecule has 0 amide bonds. The maximum absolute atomic E-state index is 5.30. The third kappa shape index (κ3) is 14.1. The van der Waals surface area contributed by atoms with Crippen molar-refractivity contribution in [3.05, 3.63) is 88.5 Å². The fourth-order valence-corrected chi connectivity index (χ4v) is 4.67. The molecule has 38 heavy (non-hydrogen) atoms. The van der Waals surface area contributed by atoms with Gasteiger partial charge in [0, 0.05) is 5.56 Å². The Labute approximate surface area is 237 Å². The van der Waals surface area contributed by atoms with E-state index in [0.717, 1.165) is 23.0 Å². The van der Waals surface area contributed by atoms with E-state index < -0.39 is 0 Å². The van der Waals surface area contributed by atoms with Gasteiger partial charge in [-0.05, 0) is 94.5 Å². The summed E-state index contributed by atoms with van der Waals surface area (Å²) in [6.07, 6.45) is 28.1. The highest BCUT2D eigenvalue weighted by molar-refractivity contribution is 5.64. The maximum atomic E-state index is 5.30. The van der Waals surface area contributed by atoms with Gasteiger partial charge in [-0.2, -0.15) is 0 Å². The van der Waals surface area contributed by atoms with Crippen molar-refractivity contribution >= 4 is 5.57 Å². The Morgan fingerprint density at radius 2 is 1.47 bits per heavy atom. The fourth-order valence-electron chi connectivity index (χ4n) is 4.67. The van der Waals surface area contributed by atoms with Gasteiger partial charge in [0.1, 0.15) is 0 Å². The second kappa shape index (κ2) is 21.0. The molecule has 0 nitrogen and oxygen atoms in total. The van der Waals surface area contributed by atoms with Crippen LogP contribution in [0, 0.1) is 45.0 Å². The summed E-state index contributed by atoms with van der Waals surface area (Å²) in [5.41, 5.74) is 9.07. The fraction of sp³-hybridized carbons (Fsp3) is 0.474. The van der Waals surface area contributed by atoms with E-state index in [-0.39, 0.29) is 0 Å². The minimum absolute atomic E-state index is 0.798. The van der Waals surface area contributed by atoms with E-state index in [4.69, 9.17) is 6.42 Å². The van der Waals surface area contributed by atoms with Gasteiger partial charge in [-0.25, -0.2) is 0 Å². The predicted octanol–water partition coefficient (Wildman–Crippen LogP) is 11.5. The molecular formula is C38H54. The highest BCUT2D eigenvalue weighted by atomic mass is 14.2. The smallest absolute Gasteiger partial charge is 0.0242 e. The van der Waals surface area contributed by atoms with Crippen LogP contribution in [0.3, 0.4) is 0 Å². The minimum atomic E-state index is 0.798. The Morgan fingerprint density at radius 1 is 0.921 bits per heavy atom. The van der Waals surface area contributed by atoms with Crippen molar-refractivity contribution in [2.45, 2.75) is 112 Å². The molecular weight excluding hydrogens is 456 g/mol. The lowest BCUT2D eigenvalue weighted by Crippen LogP contribution is -2.10. The average molecular weight is 511 g/mol. The van der Waals surface area contributed by atoms with Crippen LogP contribution in [0.4, 0.5) is 0 Å². The molecule has 0 bridgehead atoms. The summed E-state index contributed by atoms with van der Waals surface area (Å²) in [6, 6.07) is 14.9. The summed E-state index contributed by atoms with van der Waals surface area (Å²) < 4.78 is 0. The number of hydrogen-bond acceptors (Lipinski definition) is 0. The molecule has 0 atom stereocenters. The van der Waals surface area contributed by atoms with Crippen LogP contribution in [-0.2, 0) is 0 Å². The van der Waals surface area contributed by atoms with Gasteiger partial charge in [-0.15, -0.1) is 19.3 Å². The Bertz CT molecular complexity index is 996. The lowest BCUT2D eigenvalue weighted by Gasteiger charge is -2.25. The summed E-state index contributed by atoms with van der Waals surface area (Å²) in [5, 5.41) is 0. The van der Waals surface area contributed by atoms with Gasteiger partial charge < -0.3 is 0 Å². The van der Waals surface area contributed by atoms with Gasteiger partial charge in [0.25, 0.3) is 0 Å². The van der Waals surface area contributed by atoms with Crippen LogP contribution in [0.15, 0.2) is 60.7 Å². The molecule has 0 heteroatoms. The molecule has 0 saturated heterocycles. The molecule has 2 aromatic carbocycles. The van der Waals surface area contributed by atoms with Crippen molar-refractivity contribution < 1.29 is 0 Å². The molecule has 0 aliphatic heterocycles. The van der Waals surface area contributed by atoms with Crippen molar-refractivity contribution in [1.82, 2.24) is 0 Å². The molecule has 0 aromatic heterocycles. The number of allylic oxidation sites excluding steroid dienone is 3. The van der Waals surface area contributed by atoms with E-state index in [1.807, 2.05) is 19.1 Å². The molecule has 2 fully saturated rings. The van der Waals surface area contributed by atoms with Crippen molar-refractivity contribution in [2.75, 3.05) is 0 Å². The Morgan fingerprint density at radius 3 is 1.87 bits per heavy atom. The number of terminal acetylenes is 2. The van der Waals surface area contributed by atoms with Gasteiger partial charge in [0.2, 0.25) is 0 Å². The minimum Gasteiger partial charge on any atom is -0.124 e. The normalized spacial score (nSPS) is 14.4. The number of hydrogen-bond donors (Lipinski definition) is 0. The van der Waals surface area contributed by atoms with Crippen molar-refractivity contribution in [2.24, 2.45) is 5.92 Å². The average Bonchev–Trinajstić information content (AvgIpc) is 3.43. The van der Waals surface area contributed by atoms with Gasteiger partial charge in [-0.1, -0.05) is 118 Å². The zero-order chi connectivity index (χ0) is 28.9. The van der Waals surface area contributed by atoms with E-state index in [1.54, 1.807) is 5.57 Å². The van der Waals surface area contributed by atoms with Crippen LogP contribution in [0.2, 0.25) is 0 Å². The Hall–Kier alpha value is -2.96. The van der Waals surface area contributed by atoms with Crippen LogP contribution in [0.25, 0.3) is 5.57 Å². The predicted molar refractivity (Wildman–Crippen MR) is 173 cm³/mol. The van der Waals surface area contributed by atoms with Crippen molar-refractivity contribution in [3.63, 3.8) is 0 Å². The van der Waals surface area contributed by atoms with Crippen LogP contribution in [0.1, 0.15) is 126 Å². The number of rotatable bonds is 4. The second-order valence-electron chi connectivity index (χ2n) is 10.7. The molecule has 2 aliphatic carbocycles. The standard InChI is InChI=1S/C13H14.C11H14.C9H16.C3H8.C2H2/c1-2-11-7-9-13(10-8-11)12-5-3-4-6-12;1-8(2)11-6-5-9(3)7-10(11)4;1-3-8(2)7-9-5-4-6-9;1-3-2;1-2/h1,7-10,12H,3-6H2;5-7H,1H2,2-4H3;3,9H,4-7H2,1-2H3;3H2,1-2H3;1-2H/b;;8-3+;;. The topological polar surface area (TPSA) is 0 Å². The zero-order valence-electron chi connectivity index (χ0n) is 25.6. The third-order valence-corrected chi connectivity index (χ3v) is 7.07. The SMILES string of the molecule is C#C.C#Cc1ccc(C2CCCC2)cc1.C/C=C(\C)CC1CCC1.C=C(C)c1ccc(C)cc1C.CCC. The first-order valence-corrected chi connectivity index (χ1v) is 14.5. The lowest BCUT2D eigenvalue weighted by atomic mass is 9.81. The van der Waals surface area contributed by atoms with Gasteiger partial charge in [0.05, 0.1) is 0 Å². The monoisotopic (exact) mass is 510 g/mol. The van der Waals surface area contributed by atoms with Gasteiger partial charge >= 0.3 is 0 Å². The van der Waals surface area contributed by atoms with E-state index in [1.165, 1.54) is 80.0 Å². The largest absolute Gasteiger partial charge is 0.124 e. The summed E-state index contributed by atoms with van der Waals surface area (Å²) in [4.78, 5) is 0. The van der Waals surface area contributed by atoms with Crippen LogP contribution >= 0.6 is 0 Å². The lowest BCUT2D eigenvalue weighted by molar-refractivity contribution is 0.314. The number of benzene rings is 2. The highest BCUT2D eigenvalue weighted by Gasteiger charge is 2.17. The second-order valence-corrected chi connectivity index (χ2v) is 10.7. The van der Waals surface area contributed by atoms with Crippen LogP contribution < -0.4 is 0 Å². The quantitative estimate of drug-likeness (QED) is 0.283. The molecule has 2 aromatic rings. The van der Waals surface area contributed by atoms with Crippen molar-refractivity contribution in [3.8, 4) is 25.2 Å². The molecule has 0 spiro atoms. The van der Waals surface area contributed by atoms with Gasteiger partial charge in [-0.3, -0.25) is 0 Å². The maximum Gasteiger partial charge on any atom is 0.0242 e. The first kappa shape index (κ1) is 35.0. The molecule has 0 N–H and O–H groups in total.